The molecule has 3 aliphatic rings. The van der Waals surface area contributed by atoms with Crippen molar-refractivity contribution in [1.29, 1.82) is 0 Å². The first kappa shape index (κ1) is 14.7. The Labute approximate surface area is 124 Å². The van der Waals surface area contributed by atoms with E-state index in [0.717, 1.165) is 32.5 Å². The third-order valence-corrected chi connectivity index (χ3v) is 4.19. The lowest BCUT2D eigenvalue weighted by molar-refractivity contribution is -0.00847. The first-order valence-electron chi connectivity index (χ1n) is 7.68. The van der Waals surface area contributed by atoms with Crippen LogP contribution in [0.4, 0.5) is 4.39 Å². The topological polar surface area (TPSA) is 57.7 Å². The van der Waals surface area contributed by atoms with Gasteiger partial charge < -0.3 is 4.74 Å². The van der Waals surface area contributed by atoms with Crippen LogP contribution in [0.1, 0.15) is 19.3 Å². The maximum absolute atomic E-state index is 13.5. The third kappa shape index (κ3) is 4.12. The standard InChI is InChI=1S/C15H23FN4O/c16-14-10-12(3-8-21-14)13(20-15-18-6-7-19-15)9-11-1-4-17-5-2-11/h1,3-4,8,12-15,18-20H,2,5-7,9-10H2. The second kappa shape index (κ2) is 7.15. The van der Waals surface area contributed by atoms with Gasteiger partial charge in [0.25, 0.3) is 0 Å². The van der Waals surface area contributed by atoms with Crippen LogP contribution < -0.4 is 16.0 Å². The highest BCUT2D eigenvalue weighted by Gasteiger charge is 2.29. The Morgan fingerprint density at radius 1 is 1.43 bits per heavy atom. The molecule has 6 heteroatoms. The molecule has 1 saturated heterocycles. The van der Waals surface area contributed by atoms with Crippen LogP contribution in [0.3, 0.4) is 0 Å². The molecule has 0 spiro atoms. The molecule has 3 aliphatic heterocycles. The monoisotopic (exact) mass is 294 g/mol. The molecule has 0 amide bonds. The zero-order valence-electron chi connectivity index (χ0n) is 12.1. The van der Waals surface area contributed by atoms with Gasteiger partial charge in [0.1, 0.15) is 6.29 Å². The highest BCUT2D eigenvalue weighted by molar-refractivity contribution is 5.73. The summed E-state index contributed by atoms with van der Waals surface area (Å²) in [7, 11) is 0. The normalized spacial score (nSPS) is 31.0. The SMILES string of the molecule is FC1CC(C(CC2=CC=NCC2)NC2NCCN2)C=CO1. The van der Waals surface area contributed by atoms with Crippen LogP contribution in [0.5, 0.6) is 0 Å². The van der Waals surface area contributed by atoms with Gasteiger partial charge >= 0.3 is 0 Å². The highest BCUT2D eigenvalue weighted by atomic mass is 19.1. The van der Waals surface area contributed by atoms with Crippen molar-refractivity contribution in [3.05, 3.63) is 24.0 Å². The number of alkyl halides is 1. The molecule has 0 saturated carbocycles. The lowest BCUT2D eigenvalue weighted by Gasteiger charge is -2.32. The van der Waals surface area contributed by atoms with E-state index in [1.807, 2.05) is 12.3 Å². The lowest BCUT2D eigenvalue weighted by Crippen LogP contribution is -2.52. The van der Waals surface area contributed by atoms with E-state index in [4.69, 9.17) is 4.74 Å². The molecule has 0 aliphatic carbocycles. The maximum atomic E-state index is 13.5. The Hall–Kier alpha value is -1.24. The van der Waals surface area contributed by atoms with Gasteiger partial charge in [-0.2, -0.15) is 0 Å². The minimum Gasteiger partial charge on any atom is -0.468 e. The first-order chi connectivity index (χ1) is 10.3. The van der Waals surface area contributed by atoms with Crippen LogP contribution in [0.2, 0.25) is 0 Å². The molecule has 0 aromatic heterocycles. The number of allylic oxidation sites excluding steroid dienone is 1. The van der Waals surface area contributed by atoms with Gasteiger partial charge in [-0.3, -0.25) is 20.9 Å². The number of ether oxygens (including phenoxy) is 1. The number of aliphatic imine (C=N–C) groups is 1. The van der Waals surface area contributed by atoms with Gasteiger partial charge in [0, 0.05) is 44.2 Å². The van der Waals surface area contributed by atoms with Crippen LogP contribution in [-0.2, 0) is 4.74 Å². The summed E-state index contributed by atoms with van der Waals surface area (Å²) >= 11 is 0. The van der Waals surface area contributed by atoms with E-state index >= 15 is 0 Å². The summed E-state index contributed by atoms with van der Waals surface area (Å²) in [5, 5.41) is 10.3. The average molecular weight is 294 g/mol. The van der Waals surface area contributed by atoms with Crippen LogP contribution in [0.25, 0.3) is 0 Å². The molecular formula is C15H23FN4O. The molecule has 5 nitrogen and oxygen atoms in total. The molecule has 3 rings (SSSR count). The summed E-state index contributed by atoms with van der Waals surface area (Å²) in [4.78, 5) is 4.22. The number of hydrogen-bond donors (Lipinski definition) is 3. The molecule has 0 aromatic carbocycles. The number of dihydropyridines is 1. The summed E-state index contributed by atoms with van der Waals surface area (Å²) in [5.41, 5.74) is 1.37. The predicted molar refractivity (Wildman–Crippen MR) is 80.6 cm³/mol. The van der Waals surface area contributed by atoms with E-state index in [1.165, 1.54) is 11.8 Å². The number of rotatable bonds is 5. The van der Waals surface area contributed by atoms with Crippen LogP contribution in [0.15, 0.2) is 29.0 Å². The van der Waals surface area contributed by atoms with Crippen molar-refractivity contribution < 1.29 is 9.13 Å². The number of halogens is 1. The van der Waals surface area contributed by atoms with E-state index in [9.17, 15) is 4.39 Å². The fraction of sp³-hybridized carbons (Fsp3) is 0.667. The Kier molecular flexibility index (Phi) is 5.00. The van der Waals surface area contributed by atoms with Crippen molar-refractivity contribution in [2.75, 3.05) is 19.6 Å². The molecular weight excluding hydrogens is 271 g/mol. The first-order valence-corrected chi connectivity index (χ1v) is 7.68. The zero-order chi connectivity index (χ0) is 14.5. The smallest absolute Gasteiger partial charge is 0.238 e. The molecule has 116 valence electrons. The highest BCUT2D eigenvalue weighted by Crippen LogP contribution is 2.26. The van der Waals surface area contributed by atoms with Crippen LogP contribution >= 0.6 is 0 Å². The molecule has 3 N–H and O–H groups in total. The number of nitrogens with one attached hydrogen (secondary N) is 3. The molecule has 0 bridgehead atoms. The van der Waals surface area contributed by atoms with Crippen LogP contribution in [-0.4, -0.2) is 44.5 Å². The molecule has 3 atom stereocenters. The van der Waals surface area contributed by atoms with Crippen molar-refractivity contribution in [1.82, 2.24) is 16.0 Å². The summed E-state index contributed by atoms with van der Waals surface area (Å²) in [5.74, 6) is 0.137. The lowest BCUT2D eigenvalue weighted by atomic mass is 9.88. The number of nitrogens with zero attached hydrogens (tertiary/aromatic N) is 1. The number of hydrogen-bond acceptors (Lipinski definition) is 5. The predicted octanol–water partition coefficient (Wildman–Crippen LogP) is 1.06. The van der Waals surface area contributed by atoms with Crippen molar-refractivity contribution in [3.63, 3.8) is 0 Å². The van der Waals surface area contributed by atoms with Crippen molar-refractivity contribution in [3.8, 4) is 0 Å². The summed E-state index contributed by atoms with van der Waals surface area (Å²) in [6.45, 7) is 2.76. The minimum atomic E-state index is -1.20. The summed E-state index contributed by atoms with van der Waals surface area (Å²) in [6.07, 6.45) is 8.64. The summed E-state index contributed by atoms with van der Waals surface area (Å²) < 4.78 is 18.4. The molecule has 1 fully saturated rings. The van der Waals surface area contributed by atoms with E-state index < -0.39 is 6.36 Å². The fourth-order valence-corrected chi connectivity index (χ4v) is 3.03. The van der Waals surface area contributed by atoms with Crippen LogP contribution in [0, 0.1) is 5.92 Å². The van der Waals surface area contributed by atoms with Crippen molar-refractivity contribution in [2.45, 2.75) is 38.0 Å². The zero-order valence-corrected chi connectivity index (χ0v) is 12.1. The Balaban J connectivity index is 1.66. The van der Waals surface area contributed by atoms with Gasteiger partial charge in [-0.1, -0.05) is 5.57 Å². The summed E-state index contributed by atoms with van der Waals surface area (Å²) in [6, 6.07) is 0.184. The van der Waals surface area contributed by atoms with Gasteiger partial charge in [-0.05, 0) is 25.0 Å². The quantitative estimate of drug-likeness (QED) is 0.709. The second-order valence-electron chi connectivity index (χ2n) is 5.72. The van der Waals surface area contributed by atoms with Crippen molar-refractivity contribution >= 4 is 6.21 Å². The van der Waals surface area contributed by atoms with Gasteiger partial charge in [-0.25, -0.2) is 4.39 Å². The van der Waals surface area contributed by atoms with Gasteiger partial charge in [-0.15, -0.1) is 0 Å². The molecule has 0 aromatic rings. The van der Waals surface area contributed by atoms with E-state index in [2.05, 4.69) is 27.0 Å². The second-order valence-corrected chi connectivity index (χ2v) is 5.72. The maximum Gasteiger partial charge on any atom is 0.238 e. The average Bonchev–Trinajstić information content (AvgIpc) is 3.01. The van der Waals surface area contributed by atoms with Gasteiger partial charge in [0.2, 0.25) is 6.36 Å². The largest absolute Gasteiger partial charge is 0.468 e. The molecule has 3 unspecified atom stereocenters. The fourth-order valence-electron chi connectivity index (χ4n) is 3.03. The van der Waals surface area contributed by atoms with Gasteiger partial charge in [0.15, 0.2) is 0 Å². The van der Waals surface area contributed by atoms with E-state index in [1.54, 1.807) is 0 Å². The Morgan fingerprint density at radius 2 is 2.29 bits per heavy atom. The van der Waals surface area contributed by atoms with Gasteiger partial charge in [0.05, 0.1) is 6.26 Å². The Morgan fingerprint density at radius 3 is 3.00 bits per heavy atom. The molecule has 3 heterocycles. The Bertz CT molecular complexity index is 431. The minimum absolute atomic E-state index is 0.0992. The molecule has 0 radical (unpaired) electrons. The third-order valence-electron chi connectivity index (χ3n) is 4.19. The van der Waals surface area contributed by atoms with Crippen molar-refractivity contribution in [2.24, 2.45) is 10.9 Å². The molecule has 21 heavy (non-hydrogen) atoms. The van der Waals surface area contributed by atoms with E-state index in [-0.39, 0.29) is 18.2 Å². The van der Waals surface area contributed by atoms with E-state index in [0.29, 0.717) is 6.42 Å².